The van der Waals surface area contributed by atoms with Crippen molar-refractivity contribution in [3.05, 3.63) is 101 Å². The van der Waals surface area contributed by atoms with Gasteiger partial charge in [-0.25, -0.2) is 8.42 Å². The van der Waals surface area contributed by atoms with Crippen molar-refractivity contribution in [3.8, 4) is 0 Å². The Morgan fingerprint density at radius 3 is 2.14 bits per heavy atom. The van der Waals surface area contributed by atoms with Crippen LogP contribution in [0.25, 0.3) is 0 Å². The molecular weight excluding hydrogens is 558 g/mol. The van der Waals surface area contributed by atoms with Gasteiger partial charge in [0.2, 0.25) is 21.8 Å². The van der Waals surface area contributed by atoms with Crippen LogP contribution in [-0.4, -0.2) is 50.0 Å². The SMILES string of the molecule is Cc1cccc(CN(C(=O)CN(c2ccc(C(C)C)cc2)S(C)(=O)=O)C(Cc2ccccc2)C(=O)NC2CCCCC2)c1. The van der Waals surface area contributed by atoms with Crippen molar-refractivity contribution in [2.75, 3.05) is 17.1 Å². The van der Waals surface area contributed by atoms with E-state index in [4.69, 9.17) is 0 Å². The molecule has 1 unspecified atom stereocenters. The molecule has 2 amide bonds. The molecule has 0 radical (unpaired) electrons. The lowest BCUT2D eigenvalue weighted by atomic mass is 9.94. The topological polar surface area (TPSA) is 86.8 Å². The van der Waals surface area contributed by atoms with Gasteiger partial charge in [-0.05, 0) is 54.5 Å². The fraction of sp³-hybridized carbons (Fsp3) is 0.429. The number of rotatable bonds is 12. The monoisotopic (exact) mass is 603 g/mol. The Kier molecular flexibility index (Phi) is 11.0. The Balaban J connectivity index is 1.71. The van der Waals surface area contributed by atoms with E-state index in [1.165, 1.54) is 0 Å². The number of hydrogen-bond acceptors (Lipinski definition) is 4. The highest BCUT2D eigenvalue weighted by Gasteiger charge is 2.34. The summed E-state index contributed by atoms with van der Waals surface area (Å²) in [6.07, 6.45) is 6.57. The molecule has 43 heavy (non-hydrogen) atoms. The van der Waals surface area contributed by atoms with E-state index in [2.05, 4.69) is 19.2 Å². The third-order valence-corrected chi connectivity index (χ3v) is 9.33. The summed E-state index contributed by atoms with van der Waals surface area (Å²) in [5, 5.41) is 3.24. The Labute approximate surface area is 257 Å². The van der Waals surface area contributed by atoms with Gasteiger partial charge >= 0.3 is 0 Å². The zero-order chi connectivity index (χ0) is 31.0. The highest BCUT2D eigenvalue weighted by molar-refractivity contribution is 7.92. The standard InChI is InChI=1S/C35H45N3O4S/c1-26(2)30-18-20-32(21-19-30)38(43(4,41)42)25-34(39)37(24-29-15-11-12-27(3)22-29)33(23-28-13-7-5-8-14-28)35(40)36-31-16-9-6-10-17-31/h5,7-8,11-15,18-22,26,31,33H,6,9-10,16-17,23-25H2,1-4H3,(H,36,40). The van der Waals surface area contributed by atoms with E-state index in [1.807, 2.05) is 73.7 Å². The third kappa shape index (κ3) is 9.17. The van der Waals surface area contributed by atoms with E-state index in [1.54, 1.807) is 17.0 Å². The zero-order valence-electron chi connectivity index (χ0n) is 25.8. The molecule has 3 aromatic carbocycles. The normalized spacial score (nSPS) is 14.7. The molecule has 0 bridgehead atoms. The van der Waals surface area contributed by atoms with Gasteiger partial charge in [0.25, 0.3) is 0 Å². The molecule has 7 nitrogen and oxygen atoms in total. The quantitative estimate of drug-likeness (QED) is 0.276. The minimum absolute atomic E-state index is 0.0717. The number of carbonyl (C=O) groups excluding carboxylic acids is 2. The van der Waals surface area contributed by atoms with Gasteiger partial charge in [-0.3, -0.25) is 13.9 Å². The van der Waals surface area contributed by atoms with Crippen LogP contribution in [0, 0.1) is 6.92 Å². The van der Waals surface area contributed by atoms with Crippen molar-refractivity contribution in [3.63, 3.8) is 0 Å². The summed E-state index contributed by atoms with van der Waals surface area (Å²) in [5.74, 6) is -0.350. The molecule has 3 aromatic rings. The summed E-state index contributed by atoms with van der Waals surface area (Å²) in [6, 6.07) is 24.0. The zero-order valence-corrected chi connectivity index (χ0v) is 26.6. The summed E-state index contributed by atoms with van der Waals surface area (Å²) in [6.45, 7) is 5.90. The van der Waals surface area contributed by atoms with Gasteiger partial charge in [-0.2, -0.15) is 0 Å². The number of amides is 2. The molecule has 1 saturated carbocycles. The summed E-state index contributed by atoms with van der Waals surface area (Å²) in [5.41, 5.74) is 4.34. The van der Waals surface area contributed by atoms with Gasteiger partial charge in [0.1, 0.15) is 12.6 Å². The number of hydrogen-bond donors (Lipinski definition) is 1. The van der Waals surface area contributed by atoms with Crippen LogP contribution in [0.5, 0.6) is 0 Å². The van der Waals surface area contributed by atoms with E-state index < -0.39 is 28.5 Å². The second-order valence-electron chi connectivity index (χ2n) is 12.1. The molecule has 1 aliphatic carbocycles. The fourth-order valence-corrected chi connectivity index (χ4v) is 6.59. The molecule has 8 heteroatoms. The van der Waals surface area contributed by atoms with E-state index in [0.717, 1.165) is 64.9 Å². The van der Waals surface area contributed by atoms with E-state index in [0.29, 0.717) is 12.1 Å². The van der Waals surface area contributed by atoms with Gasteiger partial charge in [-0.15, -0.1) is 0 Å². The first-order valence-corrected chi connectivity index (χ1v) is 17.1. The average molecular weight is 604 g/mol. The van der Waals surface area contributed by atoms with Crippen LogP contribution in [0.4, 0.5) is 5.69 Å². The molecule has 0 spiro atoms. The number of nitrogens with zero attached hydrogens (tertiary/aromatic N) is 2. The van der Waals surface area contributed by atoms with Gasteiger partial charge in [0.05, 0.1) is 11.9 Å². The van der Waals surface area contributed by atoms with E-state index >= 15 is 0 Å². The highest BCUT2D eigenvalue weighted by Crippen LogP contribution is 2.24. The minimum atomic E-state index is -3.80. The van der Waals surface area contributed by atoms with Crippen LogP contribution in [0.1, 0.15) is 74.1 Å². The van der Waals surface area contributed by atoms with Crippen LogP contribution in [-0.2, 0) is 32.6 Å². The summed E-state index contributed by atoms with van der Waals surface area (Å²) in [7, 11) is -3.80. The Hall–Kier alpha value is -3.65. The van der Waals surface area contributed by atoms with Crippen molar-refractivity contribution in [1.29, 1.82) is 0 Å². The summed E-state index contributed by atoms with van der Waals surface area (Å²) in [4.78, 5) is 29.9. The molecule has 0 saturated heterocycles. The van der Waals surface area contributed by atoms with Crippen molar-refractivity contribution in [2.45, 2.75) is 83.8 Å². The number of carbonyl (C=O) groups is 2. The Bertz CT molecular complexity index is 1470. The van der Waals surface area contributed by atoms with Gasteiger partial charge in [0, 0.05) is 19.0 Å². The lowest BCUT2D eigenvalue weighted by Gasteiger charge is -2.35. The first-order chi connectivity index (χ1) is 20.5. The fourth-order valence-electron chi connectivity index (χ4n) is 5.74. The van der Waals surface area contributed by atoms with E-state index in [-0.39, 0.29) is 24.4 Å². The maximum Gasteiger partial charge on any atom is 0.244 e. The van der Waals surface area contributed by atoms with Gasteiger partial charge < -0.3 is 10.2 Å². The first-order valence-electron chi connectivity index (χ1n) is 15.3. The first kappa shape index (κ1) is 32.3. The van der Waals surface area contributed by atoms with Gasteiger partial charge in [0.15, 0.2) is 0 Å². The second-order valence-corrected chi connectivity index (χ2v) is 14.0. The van der Waals surface area contributed by atoms with Crippen molar-refractivity contribution < 1.29 is 18.0 Å². The number of benzene rings is 3. The maximum absolute atomic E-state index is 14.3. The number of nitrogens with one attached hydrogen (secondary N) is 1. The van der Waals surface area contributed by atoms with E-state index in [9.17, 15) is 18.0 Å². The predicted octanol–water partition coefficient (Wildman–Crippen LogP) is 5.97. The maximum atomic E-state index is 14.3. The predicted molar refractivity (Wildman–Crippen MR) is 173 cm³/mol. The molecule has 1 fully saturated rings. The highest BCUT2D eigenvalue weighted by atomic mass is 32.2. The van der Waals surface area contributed by atoms with Crippen molar-refractivity contribution in [1.82, 2.24) is 10.2 Å². The lowest BCUT2D eigenvalue weighted by Crippen LogP contribution is -2.55. The molecule has 0 heterocycles. The molecule has 0 aliphatic heterocycles. The molecule has 1 atom stereocenters. The van der Waals surface area contributed by atoms with Crippen LogP contribution in [0.15, 0.2) is 78.9 Å². The third-order valence-electron chi connectivity index (χ3n) is 8.18. The lowest BCUT2D eigenvalue weighted by molar-refractivity contribution is -0.140. The van der Waals surface area contributed by atoms with Crippen molar-refractivity contribution in [2.24, 2.45) is 0 Å². The average Bonchev–Trinajstić information content (AvgIpc) is 2.98. The van der Waals surface area contributed by atoms with Crippen molar-refractivity contribution >= 4 is 27.5 Å². The Morgan fingerprint density at radius 2 is 1.53 bits per heavy atom. The molecular formula is C35H45N3O4S. The molecule has 1 N–H and O–H groups in total. The smallest absolute Gasteiger partial charge is 0.244 e. The molecule has 0 aromatic heterocycles. The summed E-state index contributed by atoms with van der Waals surface area (Å²) >= 11 is 0. The molecule has 1 aliphatic rings. The second kappa shape index (κ2) is 14.7. The number of aryl methyl sites for hydroxylation is 1. The molecule has 230 valence electrons. The van der Waals surface area contributed by atoms with Crippen LogP contribution >= 0.6 is 0 Å². The summed E-state index contributed by atoms with van der Waals surface area (Å²) < 4.78 is 27.2. The van der Waals surface area contributed by atoms with Crippen LogP contribution in [0.2, 0.25) is 0 Å². The molecule has 4 rings (SSSR count). The largest absolute Gasteiger partial charge is 0.352 e. The Morgan fingerprint density at radius 1 is 0.884 bits per heavy atom. The minimum Gasteiger partial charge on any atom is -0.352 e. The van der Waals surface area contributed by atoms with Crippen LogP contribution in [0.3, 0.4) is 0 Å². The number of anilines is 1. The van der Waals surface area contributed by atoms with Gasteiger partial charge in [-0.1, -0.05) is 105 Å². The number of sulfonamides is 1. The van der Waals surface area contributed by atoms with Crippen LogP contribution < -0.4 is 9.62 Å².